The standard InChI is InChI=1S/C8H16N4O4/c9-8(10)11-3-1-2-5(4-13)12-6(14)7(15)16/h5,13H,1-4H2,(H,12,14)(H,15,16)(H4,9,10,11)/t5-/m0/s1. The summed E-state index contributed by atoms with van der Waals surface area (Å²) >= 11 is 0. The van der Waals surface area contributed by atoms with E-state index in [1.165, 1.54) is 0 Å². The number of carboxylic acid groups (broad SMARTS) is 1. The Morgan fingerprint density at radius 2 is 2.00 bits per heavy atom. The zero-order chi connectivity index (χ0) is 12.6. The van der Waals surface area contributed by atoms with Gasteiger partial charge in [-0.1, -0.05) is 0 Å². The molecule has 0 radical (unpaired) electrons. The van der Waals surface area contributed by atoms with Crippen molar-refractivity contribution in [3.8, 4) is 0 Å². The Bertz CT molecular complexity index is 275. The van der Waals surface area contributed by atoms with Crippen molar-refractivity contribution in [1.82, 2.24) is 5.32 Å². The van der Waals surface area contributed by atoms with Crippen molar-refractivity contribution < 1.29 is 19.8 Å². The van der Waals surface area contributed by atoms with Crippen molar-refractivity contribution in [1.29, 1.82) is 0 Å². The van der Waals surface area contributed by atoms with E-state index in [4.69, 9.17) is 21.7 Å². The number of hydrogen-bond acceptors (Lipinski definition) is 4. The summed E-state index contributed by atoms with van der Waals surface area (Å²) in [5.41, 5.74) is 10.2. The number of nitrogens with one attached hydrogen (secondary N) is 1. The van der Waals surface area contributed by atoms with Gasteiger partial charge < -0.3 is 27.0 Å². The summed E-state index contributed by atoms with van der Waals surface area (Å²) < 4.78 is 0. The molecule has 0 aliphatic heterocycles. The Labute approximate surface area is 92.3 Å². The van der Waals surface area contributed by atoms with Crippen LogP contribution in [0.1, 0.15) is 12.8 Å². The maximum Gasteiger partial charge on any atom is 0.394 e. The van der Waals surface area contributed by atoms with E-state index in [0.29, 0.717) is 19.4 Å². The van der Waals surface area contributed by atoms with E-state index in [0.717, 1.165) is 0 Å². The Kier molecular flexibility index (Phi) is 6.61. The maximum absolute atomic E-state index is 10.8. The average molecular weight is 232 g/mol. The van der Waals surface area contributed by atoms with Gasteiger partial charge in [0.2, 0.25) is 0 Å². The molecule has 0 bridgehead atoms. The molecule has 92 valence electrons. The fraction of sp³-hybridized carbons (Fsp3) is 0.625. The van der Waals surface area contributed by atoms with Gasteiger partial charge in [-0.2, -0.15) is 0 Å². The number of carbonyl (C=O) groups excluding carboxylic acids is 1. The van der Waals surface area contributed by atoms with Crippen LogP contribution in [0.3, 0.4) is 0 Å². The molecule has 0 fully saturated rings. The number of hydrogen-bond donors (Lipinski definition) is 5. The second kappa shape index (κ2) is 7.46. The predicted molar refractivity (Wildman–Crippen MR) is 56.6 cm³/mol. The lowest BCUT2D eigenvalue weighted by molar-refractivity contribution is -0.150. The van der Waals surface area contributed by atoms with E-state index >= 15 is 0 Å². The predicted octanol–water partition coefficient (Wildman–Crippen LogP) is -2.40. The lowest BCUT2D eigenvalue weighted by atomic mass is 10.1. The van der Waals surface area contributed by atoms with Crippen molar-refractivity contribution in [2.45, 2.75) is 18.9 Å². The number of carboxylic acids is 1. The van der Waals surface area contributed by atoms with Gasteiger partial charge >= 0.3 is 11.9 Å². The number of aliphatic hydroxyl groups is 1. The number of amides is 1. The molecule has 0 unspecified atom stereocenters. The van der Waals surface area contributed by atoms with Gasteiger partial charge in [-0.05, 0) is 12.8 Å². The van der Waals surface area contributed by atoms with Gasteiger partial charge in [0.05, 0.1) is 12.6 Å². The topological polar surface area (TPSA) is 151 Å². The Hall–Kier alpha value is -1.83. The number of aliphatic imine (C=N–C) groups is 1. The number of rotatable bonds is 6. The minimum atomic E-state index is -1.58. The number of guanidine groups is 1. The molecule has 0 spiro atoms. The van der Waals surface area contributed by atoms with E-state index in [1.807, 2.05) is 0 Å². The Morgan fingerprint density at radius 3 is 2.44 bits per heavy atom. The smallest absolute Gasteiger partial charge is 0.394 e. The van der Waals surface area contributed by atoms with Crippen molar-refractivity contribution in [3.05, 3.63) is 0 Å². The first-order chi connectivity index (χ1) is 7.47. The van der Waals surface area contributed by atoms with Crippen molar-refractivity contribution in [2.75, 3.05) is 13.2 Å². The van der Waals surface area contributed by atoms with E-state index < -0.39 is 17.9 Å². The highest BCUT2D eigenvalue weighted by molar-refractivity contribution is 6.31. The summed E-state index contributed by atoms with van der Waals surface area (Å²) in [6.07, 6.45) is 0.926. The molecule has 8 nitrogen and oxygen atoms in total. The third-order valence-electron chi connectivity index (χ3n) is 1.75. The highest BCUT2D eigenvalue weighted by Gasteiger charge is 2.16. The van der Waals surface area contributed by atoms with Crippen molar-refractivity contribution in [3.63, 3.8) is 0 Å². The minimum Gasteiger partial charge on any atom is -0.474 e. The van der Waals surface area contributed by atoms with Crippen LogP contribution < -0.4 is 16.8 Å². The van der Waals surface area contributed by atoms with Gasteiger partial charge in [-0.3, -0.25) is 9.79 Å². The molecule has 1 atom stereocenters. The maximum atomic E-state index is 10.8. The highest BCUT2D eigenvalue weighted by atomic mass is 16.4. The summed E-state index contributed by atoms with van der Waals surface area (Å²) in [5.74, 6) is -2.75. The molecule has 7 N–H and O–H groups in total. The Balaban J connectivity index is 3.88. The lowest BCUT2D eigenvalue weighted by Crippen LogP contribution is -2.41. The van der Waals surface area contributed by atoms with Gasteiger partial charge in [-0.15, -0.1) is 0 Å². The van der Waals surface area contributed by atoms with Gasteiger partial charge in [0.25, 0.3) is 0 Å². The molecule has 0 aliphatic carbocycles. The van der Waals surface area contributed by atoms with Crippen LogP contribution in [0.2, 0.25) is 0 Å². The average Bonchev–Trinajstić information content (AvgIpc) is 2.21. The second-order valence-corrected chi connectivity index (χ2v) is 3.11. The molecule has 0 saturated carbocycles. The van der Waals surface area contributed by atoms with Crippen LogP contribution in [-0.2, 0) is 9.59 Å². The number of nitrogens with two attached hydrogens (primary N) is 2. The lowest BCUT2D eigenvalue weighted by Gasteiger charge is -2.13. The van der Waals surface area contributed by atoms with Crippen molar-refractivity contribution >= 4 is 17.8 Å². The summed E-state index contributed by atoms with van der Waals surface area (Å²) in [6, 6.07) is -0.599. The van der Waals surface area contributed by atoms with Crippen LogP contribution in [-0.4, -0.2) is 47.2 Å². The Morgan fingerprint density at radius 1 is 1.38 bits per heavy atom. The molecular formula is C8H16N4O4. The zero-order valence-corrected chi connectivity index (χ0v) is 8.72. The van der Waals surface area contributed by atoms with Crippen LogP contribution in [0.25, 0.3) is 0 Å². The number of nitrogens with zero attached hydrogens (tertiary/aromatic N) is 1. The van der Waals surface area contributed by atoms with E-state index in [1.54, 1.807) is 0 Å². The fourth-order valence-electron chi connectivity index (χ4n) is 1.00. The van der Waals surface area contributed by atoms with Gasteiger partial charge in [0.1, 0.15) is 0 Å². The minimum absolute atomic E-state index is 0.0323. The van der Waals surface area contributed by atoms with Gasteiger partial charge in [-0.25, -0.2) is 4.79 Å². The largest absolute Gasteiger partial charge is 0.474 e. The van der Waals surface area contributed by atoms with Crippen LogP contribution in [0.15, 0.2) is 4.99 Å². The highest BCUT2D eigenvalue weighted by Crippen LogP contribution is 1.97. The molecule has 0 heterocycles. The quantitative estimate of drug-likeness (QED) is 0.149. The number of aliphatic hydroxyl groups excluding tert-OH is 1. The molecule has 8 heteroatoms. The van der Waals surface area contributed by atoms with Gasteiger partial charge in [0, 0.05) is 6.54 Å². The third kappa shape index (κ3) is 6.60. The van der Waals surface area contributed by atoms with Gasteiger partial charge in [0.15, 0.2) is 5.96 Å². The van der Waals surface area contributed by atoms with Crippen LogP contribution >= 0.6 is 0 Å². The molecule has 0 aliphatic rings. The molecule has 1 amide bonds. The first-order valence-corrected chi connectivity index (χ1v) is 4.67. The van der Waals surface area contributed by atoms with E-state index in [2.05, 4.69) is 10.3 Å². The van der Waals surface area contributed by atoms with Crippen LogP contribution in [0, 0.1) is 0 Å². The van der Waals surface area contributed by atoms with Crippen LogP contribution in [0.5, 0.6) is 0 Å². The molecule has 0 aromatic carbocycles. The third-order valence-corrected chi connectivity index (χ3v) is 1.75. The monoisotopic (exact) mass is 232 g/mol. The summed E-state index contributed by atoms with van der Waals surface area (Å²) in [5, 5.41) is 19.3. The van der Waals surface area contributed by atoms with E-state index in [9.17, 15) is 9.59 Å². The molecule has 0 aromatic rings. The SMILES string of the molecule is NC(N)=NCCC[C@@H](CO)NC(=O)C(=O)O. The summed E-state index contributed by atoms with van der Waals surface area (Å²) in [6.45, 7) is 0.0304. The molecule has 0 rings (SSSR count). The van der Waals surface area contributed by atoms with Crippen molar-refractivity contribution in [2.24, 2.45) is 16.5 Å². The molecular weight excluding hydrogens is 216 g/mol. The first kappa shape index (κ1) is 14.2. The fourth-order valence-corrected chi connectivity index (χ4v) is 1.00. The molecule has 0 saturated heterocycles. The normalized spacial score (nSPS) is 11.6. The molecule has 16 heavy (non-hydrogen) atoms. The first-order valence-electron chi connectivity index (χ1n) is 4.67. The molecule has 0 aromatic heterocycles. The second-order valence-electron chi connectivity index (χ2n) is 3.11. The number of carbonyl (C=O) groups is 2. The zero-order valence-electron chi connectivity index (χ0n) is 8.72. The summed E-state index contributed by atoms with van der Waals surface area (Å²) in [4.78, 5) is 24.7. The van der Waals surface area contributed by atoms with Crippen LogP contribution in [0.4, 0.5) is 0 Å². The van der Waals surface area contributed by atoms with E-state index in [-0.39, 0.29) is 12.6 Å². The number of aliphatic carboxylic acids is 1. The summed E-state index contributed by atoms with van der Waals surface area (Å²) in [7, 11) is 0.